The van der Waals surface area contributed by atoms with Gasteiger partial charge < -0.3 is 10.6 Å². The van der Waals surface area contributed by atoms with E-state index in [9.17, 15) is 8.42 Å². The van der Waals surface area contributed by atoms with Gasteiger partial charge in [-0.05, 0) is 24.1 Å². The topological polar surface area (TPSA) is 66.6 Å². The lowest BCUT2D eigenvalue weighted by molar-refractivity contribution is 0.191. The second-order valence-electron chi connectivity index (χ2n) is 5.00. The van der Waals surface area contributed by atoms with Crippen LogP contribution in [0.5, 0.6) is 0 Å². The van der Waals surface area contributed by atoms with E-state index >= 15 is 0 Å². The van der Waals surface area contributed by atoms with Crippen LogP contribution >= 0.6 is 0 Å². The van der Waals surface area contributed by atoms with Crippen molar-refractivity contribution >= 4 is 15.7 Å². The summed E-state index contributed by atoms with van der Waals surface area (Å²) in [4.78, 5) is 2.30. The van der Waals surface area contributed by atoms with Crippen LogP contribution in [0.2, 0.25) is 0 Å². The highest BCUT2D eigenvalue weighted by Gasteiger charge is 2.22. The van der Waals surface area contributed by atoms with Gasteiger partial charge in [0.25, 0.3) is 0 Å². The Morgan fingerprint density at radius 3 is 2.21 bits per heavy atom. The maximum atomic E-state index is 11.4. The van der Waals surface area contributed by atoms with E-state index in [0.29, 0.717) is 13.1 Å². The third-order valence-electron chi connectivity index (χ3n) is 3.50. The first-order chi connectivity index (χ1) is 8.95. The number of benzene rings is 1. The van der Waals surface area contributed by atoms with Crippen LogP contribution in [0.3, 0.4) is 0 Å². The van der Waals surface area contributed by atoms with Gasteiger partial charge in [-0.25, -0.2) is 8.42 Å². The average molecular weight is 283 g/mol. The normalized spacial score (nSPS) is 18.6. The molecule has 0 radical (unpaired) electrons. The molecule has 0 aliphatic carbocycles. The van der Waals surface area contributed by atoms with Gasteiger partial charge in [-0.15, -0.1) is 0 Å². The molecule has 0 amide bonds. The fourth-order valence-corrected chi connectivity index (χ4v) is 3.08. The highest BCUT2D eigenvalue weighted by Crippen LogP contribution is 2.09. The molecule has 1 aliphatic heterocycles. The van der Waals surface area contributed by atoms with Gasteiger partial charge in [0.15, 0.2) is 0 Å². The Bertz CT molecular complexity index is 505. The van der Waals surface area contributed by atoms with Crippen molar-refractivity contribution in [1.29, 1.82) is 0 Å². The lowest BCUT2D eigenvalue weighted by atomic mass is 10.1. The summed E-state index contributed by atoms with van der Waals surface area (Å²) in [6.07, 6.45) is 2.25. The molecule has 5 nitrogen and oxygen atoms in total. The SMILES string of the molecule is CS(=O)(=O)N1CCN(CCc2ccc(N)cc2)CC1. The summed E-state index contributed by atoms with van der Waals surface area (Å²) in [5.74, 6) is 0. The van der Waals surface area contributed by atoms with Crippen molar-refractivity contribution in [2.24, 2.45) is 0 Å². The zero-order valence-electron chi connectivity index (χ0n) is 11.2. The molecule has 6 heteroatoms. The third-order valence-corrected chi connectivity index (χ3v) is 4.80. The highest BCUT2D eigenvalue weighted by molar-refractivity contribution is 7.88. The average Bonchev–Trinajstić information content (AvgIpc) is 2.37. The lowest BCUT2D eigenvalue weighted by Crippen LogP contribution is -2.48. The van der Waals surface area contributed by atoms with Crippen LogP contribution < -0.4 is 5.73 Å². The Morgan fingerprint density at radius 2 is 1.68 bits per heavy atom. The summed E-state index contributed by atoms with van der Waals surface area (Å²) in [5, 5.41) is 0. The molecular formula is C13H21N3O2S. The van der Waals surface area contributed by atoms with Crippen molar-refractivity contribution in [2.45, 2.75) is 6.42 Å². The van der Waals surface area contributed by atoms with Crippen molar-refractivity contribution in [3.63, 3.8) is 0 Å². The largest absolute Gasteiger partial charge is 0.399 e. The fourth-order valence-electron chi connectivity index (χ4n) is 2.26. The smallest absolute Gasteiger partial charge is 0.211 e. The summed E-state index contributed by atoms with van der Waals surface area (Å²) in [5.41, 5.74) is 7.70. The monoisotopic (exact) mass is 283 g/mol. The van der Waals surface area contributed by atoms with Gasteiger partial charge >= 0.3 is 0 Å². The van der Waals surface area contributed by atoms with Gasteiger partial charge in [0.1, 0.15) is 0 Å². The second kappa shape index (κ2) is 5.90. The second-order valence-corrected chi connectivity index (χ2v) is 6.98. The molecule has 1 aliphatic rings. The minimum absolute atomic E-state index is 0.598. The van der Waals surface area contributed by atoms with E-state index in [1.165, 1.54) is 11.8 Å². The van der Waals surface area contributed by atoms with Crippen LogP contribution in [0, 0.1) is 0 Å². The molecule has 0 saturated carbocycles. The fraction of sp³-hybridized carbons (Fsp3) is 0.538. The van der Waals surface area contributed by atoms with Crippen LogP contribution in [0.4, 0.5) is 5.69 Å². The summed E-state index contributed by atoms with van der Waals surface area (Å²) in [6.45, 7) is 3.77. The first-order valence-electron chi connectivity index (χ1n) is 6.47. The van der Waals surface area contributed by atoms with Crippen LogP contribution in [0.15, 0.2) is 24.3 Å². The predicted octanol–water partition coefficient (Wildman–Crippen LogP) is 0.389. The van der Waals surface area contributed by atoms with Crippen LogP contribution in [0.1, 0.15) is 5.56 Å². The van der Waals surface area contributed by atoms with Gasteiger partial charge in [0, 0.05) is 38.4 Å². The van der Waals surface area contributed by atoms with Gasteiger partial charge in [0.05, 0.1) is 6.26 Å². The number of nitrogen functional groups attached to an aromatic ring is 1. The molecule has 0 aromatic heterocycles. The summed E-state index contributed by atoms with van der Waals surface area (Å²) in [6, 6.07) is 7.91. The molecule has 0 unspecified atom stereocenters. The Kier molecular flexibility index (Phi) is 4.44. The molecule has 1 heterocycles. The van der Waals surface area contributed by atoms with Crippen molar-refractivity contribution in [3.05, 3.63) is 29.8 Å². The van der Waals surface area contributed by atoms with Crippen molar-refractivity contribution in [3.8, 4) is 0 Å². The minimum atomic E-state index is -3.03. The first kappa shape index (κ1) is 14.3. The lowest BCUT2D eigenvalue weighted by Gasteiger charge is -2.33. The van der Waals surface area contributed by atoms with Gasteiger partial charge in [-0.2, -0.15) is 4.31 Å². The quantitative estimate of drug-likeness (QED) is 0.812. The molecule has 1 fully saturated rings. The molecule has 1 aromatic carbocycles. The molecule has 0 spiro atoms. The number of nitrogens with zero attached hydrogens (tertiary/aromatic N) is 2. The molecular weight excluding hydrogens is 262 g/mol. The maximum absolute atomic E-state index is 11.4. The van der Waals surface area contributed by atoms with Crippen molar-refractivity contribution < 1.29 is 8.42 Å². The predicted molar refractivity (Wildman–Crippen MR) is 77.4 cm³/mol. The molecule has 2 N–H and O–H groups in total. The van der Waals surface area contributed by atoms with Crippen LogP contribution in [0.25, 0.3) is 0 Å². The molecule has 0 atom stereocenters. The van der Waals surface area contributed by atoms with Gasteiger partial charge in [-0.3, -0.25) is 0 Å². The Labute approximate surface area is 115 Å². The van der Waals surface area contributed by atoms with E-state index in [1.807, 2.05) is 24.3 Å². The number of rotatable bonds is 4. The highest BCUT2D eigenvalue weighted by atomic mass is 32.2. The molecule has 1 saturated heterocycles. The number of anilines is 1. The maximum Gasteiger partial charge on any atom is 0.211 e. The first-order valence-corrected chi connectivity index (χ1v) is 8.32. The van der Waals surface area contributed by atoms with E-state index in [2.05, 4.69) is 4.90 Å². The molecule has 2 rings (SSSR count). The Balaban J connectivity index is 1.78. The number of nitrogens with two attached hydrogens (primary N) is 1. The summed E-state index contributed by atoms with van der Waals surface area (Å²) < 4.78 is 24.3. The standard InChI is InChI=1S/C13H21N3O2S/c1-19(17,18)16-10-8-15(9-11-16)7-6-12-2-4-13(14)5-3-12/h2-5H,6-11,14H2,1H3. The van der Waals surface area contributed by atoms with E-state index in [0.717, 1.165) is 31.7 Å². The van der Waals surface area contributed by atoms with E-state index in [4.69, 9.17) is 5.73 Å². The number of hydrogen-bond acceptors (Lipinski definition) is 4. The van der Waals surface area contributed by atoms with Gasteiger partial charge in [-0.1, -0.05) is 12.1 Å². The van der Waals surface area contributed by atoms with Crippen molar-refractivity contribution in [1.82, 2.24) is 9.21 Å². The number of piperazine rings is 1. The Hall–Kier alpha value is -1.11. The van der Waals surface area contributed by atoms with Crippen molar-refractivity contribution in [2.75, 3.05) is 44.7 Å². The summed E-state index contributed by atoms with van der Waals surface area (Å²) >= 11 is 0. The van der Waals surface area contributed by atoms with E-state index in [-0.39, 0.29) is 0 Å². The van der Waals surface area contributed by atoms with Crippen LogP contribution in [-0.2, 0) is 16.4 Å². The van der Waals surface area contributed by atoms with E-state index in [1.54, 1.807) is 4.31 Å². The number of sulfonamides is 1. The summed E-state index contributed by atoms with van der Waals surface area (Å²) in [7, 11) is -3.03. The zero-order valence-corrected chi connectivity index (χ0v) is 12.1. The van der Waals surface area contributed by atoms with E-state index < -0.39 is 10.0 Å². The third kappa shape index (κ3) is 4.19. The number of hydrogen-bond donors (Lipinski definition) is 1. The Morgan fingerprint density at radius 1 is 1.11 bits per heavy atom. The van der Waals surface area contributed by atoms with Crippen LogP contribution in [-0.4, -0.2) is 56.6 Å². The minimum Gasteiger partial charge on any atom is -0.399 e. The molecule has 1 aromatic rings. The molecule has 0 bridgehead atoms. The van der Waals surface area contributed by atoms with Gasteiger partial charge in [0.2, 0.25) is 10.0 Å². The molecule has 19 heavy (non-hydrogen) atoms. The zero-order chi connectivity index (χ0) is 13.9. The molecule has 106 valence electrons.